The highest BCUT2D eigenvalue weighted by Crippen LogP contribution is 2.36. The Hall–Kier alpha value is -2.49. The third-order valence-corrected chi connectivity index (χ3v) is 3.49. The van der Waals surface area contributed by atoms with Crippen LogP contribution in [-0.2, 0) is 4.79 Å². The van der Waals surface area contributed by atoms with Gasteiger partial charge in [0, 0.05) is 0 Å². The molecule has 4 nitrogen and oxygen atoms in total. The van der Waals surface area contributed by atoms with E-state index in [-0.39, 0.29) is 12.5 Å². The third-order valence-electron chi connectivity index (χ3n) is 3.49. The molecular weight excluding hydrogens is 278 g/mol. The van der Waals surface area contributed by atoms with Crippen LogP contribution >= 0.6 is 0 Å². The van der Waals surface area contributed by atoms with Gasteiger partial charge in [0.1, 0.15) is 17.1 Å². The zero-order valence-corrected chi connectivity index (χ0v) is 12.8. The molecule has 3 rings (SSSR count). The molecule has 0 bridgehead atoms. The van der Waals surface area contributed by atoms with Gasteiger partial charge in [0.05, 0.1) is 12.2 Å². The van der Waals surface area contributed by atoms with Crippen LogP contribution in [0.2, 0.25) is 0 Å². The summed E-state index contributed by atoms with van der Waals surface area (Å²) in [6.07, 6.45) is 0. The van der Waals surface area contributed by atoms with Gasteiger partial charge >= 0.3 is 0 Å². The van der Waals surface area contributed by atoms with Gasteiger partial charge in [-0.3, -0.25) is 4.79 Å². The molecule has 0 unspecified atom stereocenters. The summed E-state index contributed by atoms with van der Waals surface area (Å²) in [5.41, 5.74) is 0.375. The molecule has 0 N–H and O–H groups in total. The Balaban J connectivity index is 1.77. The van der Waals surface area contributed by atoms with Crippen molar-refractivity contribution >= 4 is 11.6 Å². The number of ether oxygens (including phenoxy) is 2. The second-order valence-electron chi connectivity index (χ2n) is 5.91. The number of rotatable bonds is 3. The number of benzene rings is 2. The van der Waals surface area contributed by atoms with Crippen LogP contribution in [0.5, 0.6) is 11.5 Å². The summed E-state index contributed by atoms with van der Waals surface area (Å²) in [6, 6.07) is 16.9. The quantitative estimate of drug-likeness (QED) is 0.873. The Morgan fingerprint density at radius 2 is 1.82 bits per heavy atom. The molecule has 0 fully saturated rings. The number of para-hydroxylation sites is 3. The normalized spacial score (nSPS) is 15.6. The van der Waals surface area contributed by atoms with Crippen molar-refractivity contribution in [1.29, 1.82) is 0 Å². The lowest BCUT2D eigenvalue weighted by Crippen LogP contribution is -2.50. The Bertz CT molecular complexity index is 667. The first kappa shape index (κ1) is 14.4. The number of amides is 1. The van der Waals surface area contributed by atoms with E-state index in [9.17, 15) is 4.79 Å². The molecule has 0 saturated heterocycles. The fraction of sp³-hybridized carbons (Fsp3) is 0.278. The van der Waals surface area contributed by atoms with Crippen molar-refractivity contribution in [2.24, 2.45) is 0 Å². The molecule has 2 aromatic carbocycles. The van der Waals surface area contributed by atoms with E-state index >= 15 is 0 Å². The van der Waals surface area contributed by atoms with Crippen molar-refractivity contribution < 1.29 is 14.3 Å². The predicted molar refractivity (Wildman–Crippen MR) is 85.4 cm³/mol. The van der Waals surface area contributed by atoms with Gasteiger partial charge in [0.25, 0.3) is 5.91 Å². The lowest BCUT2D eigenvalue weighted by Gasteiger charge is -2.39. The van der Waals surface area contributed by atoms with E-state index in [0.717, 1.165) is 11.4 Å². The number of anilines is 1. The summed E-state index contributed by atoms with van der Waals surface area (Å²) >= 11 is 0. The van der Waals surface area contributed by atoms with Gasteiger partial charge in [-0.15, -0.1) is 0 Å². The smallest absolute Gasteiger partial charge is 0.265 e. The molecular formula is C18H19NO3. The van der Waals surface area contributed by atoms with Crippen molar-refractivity contribution in [2.45, 2.75) is 19.4 Å². The highest BCUT2D eigenvalue weighted by molar-refractivity contribution is 5.96. The third kappa shape index (κ3) is 3.06. The number of carbonyl (C=O) groups is 1. The average molecular weight is 297 g/mol. The molecule has 0 radical (unpaired) electrons. The summed E-state index contributed by atoms with van der Waals surface area (Å²) in [5, 5.41) is 0. The van der Waals surface area contributed by atoms with Crippen molar-refractivity contribution in [2.75, 3.05) is 18.1 Å². The van der Waals surface area contributed by atoms with Crippen molar-refractivity contribution in [3.8, 4) is 11.5 Å². The molecule has 0 saturated carbocycles. The summed E-state index contributed by atoms with van der Waals surface area (Å²) < 4.78 is 11.5. The van der Waals surface area contributed by atoms with Crippen LogP contribution in [0.3, 0.4) is 0 Å². The van der Waals surface area contributed by atoms with Crippen molar-refractivity contribution in [3.63, 3.8) is 0 Å². The molecule has 2 aromatic rings. The minimum absolute atomic E-state index is 0.00836. The molecule has 0 atom stereocenters. The molecule has 114 valence electrons. The summed E-state index contributed by atoms with van der Waals surface area (Å²) in [7, 11) is 0. The molecule has 0 spiro atoms. The van der Waals surface area contributed by atoms with Crippen LogP contribution in [0, 0.1) is 0 Å². The maximum atomic E-state index is 12.6. The molecule has 22 heavy (non-hydrogen) atoms. The monoisotopic (exact) mass is 297 g/mol. The van der Waals surface area contributed by atoms with E-state index < -0.39 is 5.60 Å². The molecule has 0 aliphatic carbocycles. The lowest BCUT2D eigenvalue weighted by molar-refractivity contribution is -0.121. The van der Waals surface area contributed by atoms with Gasteiger partial charge in [-0.25, -0.2) is 0 Å². The predicted octanol–water partition coefficient (Wildman–Crippen LogP) is 3.27. The SMILES string of the molecule is CC1(C)CN(C(=O)COc2ccccc2)c2ccccc2O1. The Morgan fingerprint density at radius 1 is 1.14 bits per heavy atom. The number of fused-ring (bicyclic) bond motifs is 1. The first-order valence-electron chi connectivity index (χ1n) is 7.31. The zero-order chi connectivity index (χ0) is 15.6. The number of carbonyl (C=O) groups excluding carboxylic acids is 1. The van der Waals surface area contributed by atoms with Crippen molar-refractivity contribution in [3.05, 3.63) is 54.6 Å². The largest absolute Gasteiger partial charge is 0.484 e. The van der Waals surface area contributed by atoms with Crippen LogP contribution in [-0.4, -0.2) is 24.7 Å². The van der Waals surface area contributed by atoms with Gasteiger partial charge in [-0.05, 0) is 38.1 Å². The minimum Gasteiger partial charge on any atom is -0.484 e. The maximum absolute atomic E-state index is 12.6. The maximum Gasteiger partial charge on any atom is 0.265 e. The lowest BCUT2D eigenvalue weighted by atomic mass is 10.1. The topological polar surface area (TPSA) is 38.8 Å². The summed E-state index contributed by atoms with van der Waals surface area (Å²) in [5.74, 6) is 1.34. The zero-order valence-electron chi connectivity index (χ0n) is 12.8. The van der Waals surface area contributed by atoms with E-state index in [2.05, 4.69) is 0 Å². The van der Waals surface area contributed by atoms with Gasteiger partial charge in [-0.2, -0.15) is 0 Å². The Labute approximate surface area is 130 Å². The average Bonchev–Trinajstić information content (AvgIpc) is 2.52. The second kappa shape index (κ2) is 5.72. The van der Waals surface area contributed by atoms with Gasteiger partial charge in [0.2, 0.25) is 0 Å². The molecule has 1 aliphatic heterocycles. The van der Waals surface area contributed by atoms with E-state index in [1.54, 1.807) is 4.90 Å². The highest BCUT2D eigenvalue weighted by atomic mass is 16.5. The fourth-order valence-electron chi connectivity index (χ4n) is 2.52. The van der Waals surface area contributed by atoms with Crippen molar-refractivity contribution in [1.82, 2.24) is 0 Å². The van der Waals surface area contributed by atoms with Gasteiger partial charge in [-0.1, -0.05) is 30.3 Å². The van der Waals surface area contributed by atoms with Crippen LogP contribution in [0.25, 0.3) is 0 Å². The summed E-state index contributed by atoms with van der Waals surface area (Å²) in [4.78, 5) is 14.3. The van der Waals surface area contributed by atoms with Crippen LogP contribution in [0.15, 0.2) is 54.6 Å². The van der Waals surface area contributed by atoms with Gasteiger partial charge < -0.3 is 14.4 Å². The first-order chi connectivity index (χ1) is 10.6. The van der Waals surface area contributed by atoms with Gasteiger partial charge in [0.15, 0.2) is 6.61 Å². The molecule has 1 heterocycles. The van der Waals surface area contributed by atoms with E-state index in [1.165, 1.54) is 0 Å². The van der Waals surface area contributed by atoms with E-state index in [0.29, 0.717) is 12.3 Å². The van der Waals surface area contributed by atoms with E-state index in [1.807, 2.05) is 68.4 Å². The molecule has 1 aliphatic rings. The number of nitrogens with zero attached hydrogens (tertiary/aromatic N) is 1. The second-order valence-corrected chi connectivity index (χ2v) is 5.91. The van der Waals surface area contributed by atoms with Crippen LogP contribution < -0.4 is 14.4 Å². The molecule has 4 heteroatoms. The van der Waals surface area contributed by atoms with E-state index in [4.69, 9.17) is 9.47 Å². The minimum atomic E-state index is -0.420. The van der Waals surface area contributed by atoms with Crippen LogP contribution in [0.1, 0.15) is 13.8 Å². The standard InChI is InChI=1S/C18H19NO3/c1-18(2)13-19(15-10-6-7-11-16(15)22-18)17(20)12-21-14-8-4-3-5-9-14/h3-11H,12-13H2,1-2H3. The Kier molecular flexibility index (Phi) is 3.75. The molecule has 0 aromatic heterocycles. The first-order valence-corrected chi connectivity index (χ1v) is 7.31. The summed E-state index contributed by atoms with van der Waals surface area (Å²) in [6.45, 7) is 4.46. The fourth-order valence-corrected chi connectivity index (χ4v) is 2.52. The number of hydrogen-bond acceptors (Lipinski definition) is 3. The van der Waals surface area contributed by atoms with Crippen LogP contribution in [0.4, 0.5) is 5.69 Å². The Morgan fingerprint density at radius 3 is 2.59 bits per heavy atom. The highest BCUT2D eigenvalue weighted by Gasteiger charge is 2.34. The number of hydrogen-bond donors (Lipinski definition) is 0. The molecule has 1 amide bonds.